The van der Waals surface area contributed by atoms with Crippen molar-refractivity contribution in [1.82, 2.24) is 15.6 Å². The first-order chi connectivity index (χ1) is 13.9. The molecule has 2 amide bonds. The number of hydrazine groups is 1. The fraction of sp³-hybridized carbons (Fsp3) is 0.368. The molecule has 0 radical (unpaired) electrons. The Morgan fingerprint density at radius 2 is 1.83 bits per heavy atom. The van der Waals surface area contributed by atoms with Gasteiger partial charge in [-0.15, -0.1) is 11.3 Å². The van der Waals surface area contributed by atoms with Crippen molar-refractivity contribution in [3.63, 3.8) is 0 Å². The van der Waals surface area contributed by atoms with E-state index in [-0.39, 0.29) is 13.0 Å². The molecule has 0 fully saturated rings. The van der Waals surface area contributed by atoms with Crippen molar-refractivity contribution >= 4 is 33.2 Å². The Morgan fingerprint density at radius 3 is 2.62 bits per heavy atom. The number of rotatable bonds is 6. The Bertz CT molecular complexity index is 981. The lowest BCUT2D eigenvalue weighted by Gasteiger charge is -2.08. The van der Waals surface area contributed by atoms with E-state index >= 15 is 0 Å². The number of nitrogens with one attached hydrogen (secondary N) is 3. The average molecular weight is 440 g/mol. The number of hydrogen-bond acceptors (Lipinski definition) is 5. The molecule has 0 aliphatic heterocycles. The summed E-state index contributed by atoms with van der Waals surface area (Å²) >= 11 is 1.44. The zero-order valence-electron chi connectivity index (χ0n) is 15.7. The minimum absolute atomic E-state index is 0.213. The molecule has 0 unspecified atom stereocenters. The van der Waals surface area contributed by atoms with E-state index in [9.17, 15) is 22.4 Å². The second-order valence-corrected chi connectivity index (χ2v) is 9.57. The summed E-state index contributed by atoms with van der Waals surface area (Å²) in [6, 6.07) is 6.84. The van der Waals surface area contributed by atoms with Crippen LogP contribution >= 0.6 is 11.3 Å². The molecule has 0 saturated heterocycles. The van der Waals surface area contributed by atoms with E-state index in [1.165, 1.54) is 40.3 Å². The van der Waals surface area contributed by atoms with E-state index in [1.54, 1.807) is 0 Å². The normalized spacial score (nSPS) is 14.0. The number of sulfonamides is 1. The number of halogens is 1. The fourth-order valence-electron chi connectivity index (χ4n) is 3.07. The summed E-state index contributed by atoms with van der Waals surface area (Å²) in [7, 11) is -4.06. The fourth-order valence-corrected chi connectivity index (χ4v) is 5.33. The highest BCUT2D eigenvalue weighted by molar-refractivity contribution is 7.89. The lowest BCUT2D eigenvalue weighted by atomic mass is 10.1. The first kappa shape index (κ1) is 21.4. The van der Waals surface area contributed by atoms with Crippen LogP contribution in [0.1, 0.15) is 45.8 Å². The molecule has 0 saturated carbocycles. The molecule has 2 aromatic rings. The molecule has 3 N–H and O–H groups in total. The predicted molar refractivity (Wildman–Crippen MR) is 107 cm³/mol. The smallest absolute Gasteiger partial charge is 0.273 e. The van der Waals surface area contributed by atoms with E-state index in [0.717, 1.165) is 37.8 Å². The maximum absolute atomic E-state index is 13.6. The number of carbonyl (C=O) groups is 2. The molecule has 3 rings (SSSR count). The zero-order chi connectivity index (χ0) is 20.9. The van der Waals surface area contributed by atoms with Crippen molar-refractivity contribution in [2.45, 2.75) is 43.4 Å². The zero-order valence-corrected chi connectivity index (χ0v) is 17.3. The number of hydrogen-bond donors (Lipinski definition) is 3. The van der Waals surface area contributed by atoms with Crippen LogP contribution in [0.5, 0.6) is 0 Å². The molecule has 1 heterocycles. The third kappa shape index (κ3) is 5.62. The third-order valence-electron chi connectivity index (χ3n) is 4.56. The number of thiophene rings is 1. The van der Waals surface area contributed by atoms with Gasteiger partial charge >= 0.3 is 0 Å². The molecule has 29 heavy (non-hydrogen) atoms. The molecule has 0 spiro atoms. The molecule has 1 aromatic heterocycles. The van der Waals surface area contributed by atoms with Crippen molar-refractivity contribution in [2.24, 2.45) is 0 Å². The first-order valence-electron chi connectivity index (χ1n) is 9.32. The van der Waals surface area contributed by atoms with E-state index in [2.05, 4.69) is 15.6 Å². The van der Waals surface area contributed by atoms with Crippen LogP contribution in [-0.4, -0.2) is 26.8 Å². The number of benzene rings is 1. The van der Waals surface area contributed by atoms with Crippen LogP contribution in [0, 0.1) is 5.82 Å². The van der Waals surface area contributed by atoms with Crippen LogP contribution in [-0.2, 0) is 27.7 Å². The molecular weight excluding hydrogens is 417 g/mol. The highest BCUT2D eigenvalue weighted by Gasteiger charge is 2.19. The standard InChI is InChI=1S/C19H22FN3O4S2/c20-14-7-4-5-9-17(14)29(26,27)21-11-10-18(24)22-23-19(25)16-12-13-6-2-1-3-8-15(13)28-16/h4-5,7,9,12,21H,1-3,6,8,10-11H2,(H,22,24)(H,23,25). The van der Waals surface area contributed by atoms with Crippen LogP contribution in [0.3, 0.4) is 0 Å². The maximum atomic E-state index is 13.6. The molecule has 156 valence electrons. The van der Waals surface area contributed by atoms with Crippen molar-refractivity contribution in [1.29, 1.82) is 0 Å². The summed E-state index contributed by atoms with van der Waals surface area (Å²) < 4.78 is 39.9. The summed E-state index contributed by atoms with van der Waals surface area (Å²) in [6.45, 7) is -0.230. The summed E-state index contributed by atoms with van der Waals surface area (Å²) in [5, 5.41) is 0. The second-order valence-electron chi connectivity index (χ2n) is 6.70. The quantitative estimate of drug-likeness (QED) is 0.474. The third-order valence-corrected chi connectivity index (χ3v) is 7.29. The lowest BCUT2D eigenvalue weighted by molar-refractivity contribution is -0.121. The van der Waals surface area contributed by atoms with E-state index in [1.807, 2.05) is 6.07 Å². The van der Waals surface area contributed by atoms with Gasteiger partial charge in [0.05, 0.1) is 4.88 Å². The Kier molecular flexibility index (Phi) is 6.99. The van der Waals surface area contributed by atoms with Crippen molar-refractivity contribution in [3.8, 4) is 0 Å². The van der Waals surface area contributed by atoms with Crippen molar-refractivity contribution in [3.05, 3.63) is 51.5 Å². The van der Waals surface area contributed by atoms with Crippen LogP contribution in [0.4, 0.5) is 4.39 Å². The minimum atomic E-state index is -4.06. The van der Waals surface area contributed by atoms with Gasteiger partial charge in [0.15, 0.2) is 0 Å². The topological polar surface area (TPSA) is 104 Å². The molecular formula is C19H22FN3O4S2. The Labute approximate surface area is 172 Å². The molecule has 1 aliphatic rings. The Hall–Kier alpha value is -2.30. The van der Waals surface area contributed by atoms with Gasteiger partial charge in [-0.25, -0.2) is 17.5 Å². The SMILES string of the molecule is O=C(CCNS(=O)(=O)c1ccccc1F)NNC(=O)c1cc2c(s1)CCCCC2. The summed E-state index contributed by atoms with van der Waals surface area (Å²) in [5.41, 5.74) is 5.82. The minimum Gasteiger partial charge on any atom is -0.273 e. The summed E-state index contributed by atoms with van der Waals surface area (Å²) in [6.07, 6.45) is 5.16. The predicted octanol–water partition coefficient (Wildman–Crippen LogP) is 2.29. The molecule has 0 bridgehead atoms. The monoisotopic (exact) mass is 439 g/mol. The van der Waals surface area contributed by atoms with Crippen molar-refractivity contribution in [2.75, 3.05) is 6.54 Å². The molecule has 7 nitrogen and oxygen atoms in total. The lowest BCUT2D eigenvalue weighted by Crippen LogP contribution is -2.42. The number of fused-ring (bicyclic) bond motifs is 1. The first-order valence-corrected chi connectivity index (χ1v) is 11.6. The Morgan fingerprint density at radius 1 is 1.07 bits per heavy atom. The van der Waals surface area contributed by atoms with Gasteiger partial charge in [-0.1, -0.05) is 18.6 Å². The highest BCUT2D eigenvalue weighted by atomic mass is 32.2. The van der Waals surface area contributed by atoms with E-state index in [4.69, 9.17) is 0 Å². The van der Waals surface area contributed by atoms with E-state index < -0.39 is 32.6 Å². The van der Waals surface area contributed by atoms with Crippen LogP contribution in [0.2, 0.25) is 0 Å². The maximum Gasteiger partial charge on any atom is 0.279 e. The summed E-state index contributed by atoms with van der Waals surface area (Å²) in [4.78, 5) is 25.4. The molecule has 0 atom stereocenters. The molecule has 1 aliphatic carbocycles. The van der Waals surface area contributed by atoms with Gasteiger partial charge in [0.1, 0.15) is 10.7 Å². The average Bonchev–Trinajstić information content (AvgIpc) is 2.97. The number of carbonyl (C=O) groups excluding carboxylic acids is 2. The molecule has 1 aromatic carbocycles. The van der Waals surface area contributed by atoms with Gasteiger partial charge in [-0.3, -0.25) is 20.4 Å². The van der Waals surface area contributed by atoms with Crippen LogP contribution in [0.25, 0.3) is 0 Å². The van der Waals surface area contributed by atoms with Crippen molar-refractivity contribution < 1.29 is 22.4 Å². The van der Waals surface area contributed by atoms with Gasteiger partial charge in [-0.2, -0.15) is 0 Å². The highest BCUT2D eigenvalue weighted by Crippen LogP contribution is 2.28. The second kappa shape index (κ2) is 9.47. The van der Waals surface area contributed by atoms with Crippen LogP contribution < -0.4 is 15.6 Å². The molecule has 10 heteroatoms. The number of aryl methyl sites for hydroxylation is 2. The summed E-state index contributed by atoms with van der Waals surface area (Å²) in [5.74, 6) is -1.83. The van der Waals surface area contributed by atoms with Gasteiger partial charge in [-0.05, 0) is 49.4 Å². The van der Waals surface area contributed by atoms with Gasteiger partial charge < -0.3 is 0 Å². The largest absolute Gasteiger partial charge is 0.279 e. The van der Waals surface area contributed by atoms with Gasteiger partial charge in [0.25, 0.3) is 5.91 Å². The van der Waals surface area contributed by atoms with Crippen LogP contribution in [0.15, 0.2) is 35.2 Å². The Balaban J connectivity index is 1.45. The van der Waals surface area contributed by atoms with Gasteiger partial charge in [0.2, 0.25) is 15.9 Å². The van der Waals surface area contributed by atoms with Gasteiger partial charge in [0, 0.05) is 17.8 Å². The van der Waals surface area contributed by atoms with E-state index in [0.29, 0.717) is 4.88 Å². The number of amides is 2.